The van der Waals surface area contributed by atoms with Gasteiger partial charge in [-0.2, -0.15) is 0 Å². The second-order valence-electron chi connectivity index (χ2n) is 15.8. The van der Waals surface area contributed by atoms with E-state index in [0.29, 0.717) is 123 Å². The molecular formula is C50H71ClN2O13. The fourth-order valence-electron chi connectivity index (χ4n) is 7.80. The molecule has 66 heavy (non-hydrogen) atoms. The first-order chi connectivity index (χ1) is 32.2. The lowest BCUT2D eigenvalue weighted by Crippen LogP contribution is -2.50. The number of aryl methyl sites for hydroxylation is 1. The van der Waals surface area contributed by atoms with E-state index >= 15 is 0 Å². The molecule has 3 aromatic rings. The quantitative estimate of drug-likeness (QED) is 0.0367. The van der Waals surface area contributed by atoms with Crippen molar-refractivity contribution in [2.24, 2.45) is 0 Å². The van der Waals surface area contributed by atoms with Crippen molar-refractivity contribution in [2.75, 3.05) is 101 Å². The highest BCUT2D eigenvalue weighted by Gasteiger charge is 2.38. The summed E-state index contributed by atoms with van der Waals surface area (Å²) in [7, 11) is 7.76. The number of hydrogen-bond donors (Lipinski definition) is 1. The smallest absolute Gasteiger partial charge is 0.329 e. The number of carbonyl (C=O) groups is 3. The highest BCUT2D eigenvalue weighted by atomic mass is 35.5. The summed E-state index contributed by atoms with van der Waals surface area (Å²) in [5, 5.41) is 2.81. The molecule has 0 aromatic heterocycles. The first-order valence-electron chi connectivity index (χ1n) is 23.0. The molecule has 2 amide bonds. The van der Waals surface area contributed by atoms with Crippen molar-refractivity contribution in [2.45, 2.75) is 89.2 Å². The fourth-order valence-corrected chi connectivity index (χ4v) is 7.99. The molecule has 0 spiro atoms. The molecule has 4 rings (SSSR count). The van der Waals surface area contributed by atoms with Gasteiger partial charge in [0.05, 0.1) is 74.5 Å². The molecule has 0 aliphatic carbocycles. The summed E-state index contributed by atoms with van der Waals surface area (Å²) in [6.45, 7) is 5.36. The zero-order valence-corrected chi connectivity index (χ0v) is 40.5. The highest BCUT2D eigenvalue weighted by molar-refractivity contribution is 6.17. The fraction of sp³-hybridized carbons (Fsp3) is 0.580. The molecule has 1 fully saturated rings. The molecular weight excluding hydrogens is 872 g/mol. The minimum atomic E-state index is -0.795. The van der Waals surface area contributed by atoms with Crippen LogP contribution < -0.4 is 33.7 Å². The summed E-state index contributed by atoms with van der Waals surface area (Å²) >= 11 is 5.70. The molecule has 1 heterocycles. The van der Waals surface area contributed by atoms with Crippen LogP contribution in [0.15, 0.2) is 54.6 Å². The predicted octanol–water partition coefficient (Wildman–Crippen LogP) is 7.87. The Morgan fingerprint density at radius 1 is 0.727 bits per heavy atom. The van der Waals surface area contributed by atoms with Crippen molar-refractivity contribution in [3.8, 4) is 34.5 Å². The van der Waals surface area contributed by atoms with E-state index in [9.17, 15) is 14.4 Å². The van der Waals surface area contributed by atoms with Gasteiger partial charge in [-0.3, -0.25) is 9.59 Å². The third-order valence-corrected chi connectivity index (χ3v) is 11.6. The van der Waals surface area contributed by atoms with Gasteiger partial charge in [-0.15, -0.1) is 11.6 Å². The van der Waals surface area contributed by atoms with Crippen LogP contribution in [-0.4, -0.2) is 129 Å². The van der Waals surface area contributed by atoms with Crippen molar-refractivity contribution in [1.29, 1.82) is 0 Å². The maximum absolute atomic E-state index is 14.5. The number of rotatable bonds is 32. The van der Waals surface area contributed by atoms with Crippen LogP contribution in [0.1, 0.15) is 93.4 Å². The number of ether oxygens (including phenoxy) is 10. The molecule has 1 saturated heterocycles. The Kier molecular flexibility index (Phi) is 24.7. The van der Waals surface area contributed by atoms with Crippen LogP contribution in [0.2, 0.25) is 0 Å². The van der Waals surface area contributed by atoms with E-state index in [2.05, 4.69) is 5.32 Å². The van der Waals surface area contributed by atoms with E-state index in [4.69, 9.17) is 59.0 Å². The van der Waals surface area contributed by atoms with Crippen LogP contribution in [0.25, 0.3) is 0 Å². The molecule has 3 atom stereocenters. The number of esters is 1. The van der Waals surface area contributed by atoms with Gasteiger partial charge in [0.2, 0.25) is 11.7 Å². The number of amides is 2. The van der Waals surface area contributed by atoms with E-state index < -0.39 is 24.0 Å². The van der Waals surface area contributed by atoms with E-state index in [1.807, 2.05) is 31.2 Å². The topological polar surface area (TPSA) is 159 Å². The molecule has 3 aromatic carbocycles. The second-order valence-corrected chi connectivity index (χ2v) is 16.1. The molecule has 1 aliphatic rings. The van der Waals surface area contributed by atoms with Crippen LogP contribution >= 0.6 is 11.6 Å². The van der Waals surface area contributed by atoms with E-state index in [0.717, 1.165) is 50.7 Å². The number of carbonyl (C=O) groups excluding carboxylic acids is 3. The van der Waals surface area contributed by atoms with Gasteiger partial charge in [-0.05, 0) is 104 Å². The Labute approximate surface area is 395 Å². The number of piperidine rings is 1. The van der Waals surface area contributed by atoms with Crippen molar-refractivity contribution in [1.82, 2.24) is 10.2 Å². The van der Waals surface area contributed by atoms with E-state index in [1.165, 1.54) is 21.3 Å². The number of nitrogens with zero attached hydrogens (tertiary/aromatic N) is 1. The summed E-state index contributed by atoms with van der Waals surface area (Å²) in [6.07, 6.45) is 6.98. The number of alkyl halides is 1. The molecule has 366 valence electrons. The summed E-state index contributed by atoms with van der Waals surface area (Å²) in [4.78, 5) is 43.2. The Morgan fingerprint density at radius 3 is 2.08 bits per heavy atom. The van der Waals surface area contributed by atoms with Crippen LogP contribution in [0.4, 0.5) is 0 Å². The zero-order valence-electron chi connectivity index (χ0n) is 39.7. The zero-order chi connectivity index (χ0) is 47.5. The van der Waals surface area contributed by atoms with E-state index in [1.54, 1.807) is 49.5 Å². The molecule has 0 radical (unpaired) electrons. The summed E-state index contributed by atoms with van der Waals surface area (Å²) in [5.74, 6) is 2.09. The van der Waals surface area contributed by atoms with Gasteiger partial charge in [0, 0.05) is 25.6 Å². The van der Waals surface area contributed by atoms with Gasteiger partial charge in [-0.1, -0.05) is 38.0 Å². The van der Waals surface area contributed by atoms with Gasteiger partial charge in [-0.25, -0.2) is 4.79 Å². The summed E-state index contributed by atoms with van der Waals surface area (Å²) in [5.41, 5.74) is 2.32. The lowest BCUT2D eigenvalue weighted by atomic mass is 9.91. The molecule has 16 heteroatoms. The SMILES string of the molecule is CCC(C(=O)N1CCCCC1C(=O)OC(CCc1ccc(OC)c(OC)c1)c1cccc(OCC(=O)NCCOCCOCCOCCCCCCCl)c1)c1cc(OC)c(OC)c(OC)c1. The van der Waals surface area contributed by atoms with Gasteiger partial charge < -0.3 is 57.6 Å². The Hall–Kier alpha value is -4.96. The van der Waals surface area contributed by atoms with Gasteiger partial charge in [0.1, 0.15) is 17.9 Å². The van der Waals surface area contributed by atoms with Gasteiger partial charge >= 0.3 is 5.97 Å². The number of likely N-dealkylation sites (tertiary alicyclic amines) is 1. The molecule has 1 aliphatic heterocycles. The predicted molar refractivity (Wildman–Crippen MR) is 252 cm³/mol. The minimum absolute atomic E-state index is 0.179. The van der Waals surface area contributed by atoms with Crippen molar-refractivity contribution < 1.29 is 61.8 Å². The van der Waals surface area contributed by atoms with Crippen LogP contribution in [0.5, 0.6) is 34.5 Å². The lowest BCUT2D eigenvalue weighted by Gasteiger charge is -2.37. The van der Waals surface area contributed by atoms with Gasteiger partial charge in [0.25, 0.3) is 5.91 Å². The Bertz CT molecular complexity index is 1890. The van der Waals surface area contributed by atoms with Crippen LogP contribution in [-0.2, 0) is 39.8 Å². The van der Waals surface area contributed by atoms with Crippen molar-refractivity contribution in [3.05, 3.63) is 71.3 Å². The van der Waals surface area contributed by atoms with E-state index in [-0.39, 0.29) is 18.4 Å². The van der Waals surface area contributed by atoms with Crippen LogP contribution in [0.3, 0.4) is 0 Å². The maximum Gasteiger partial charge on any atom is 0.329 e. The van der Waals surface area contributed by atoms with Crippen molar-refractivity contribution >= 4 is 29.4 Å². The van der Waals surface area contributed by atoms with Crippen LogP contribution in [0, 0.1) is 0 Å². The maximum atomic E-state index is 14.5. The second kappa shape index (κ2) is 30.4. The largest absolute Gasteiger partial charge is 0.493 e. The number of benzene rings is 3. The monoisotopic (exact) mass is 942 g/mol. The Balaban J connectivity index is 1.38. The lowest BCUT2D eigenvalue weighted by molar-refractivity contribution is -0.162. The number of methoxy groups -OCH3 is 5. The average molecular weight is 944 g/mol. The first kappa shape index (κ1) is 53.7. The first-order valence-corrected chi connectivity index (χ1v) is 23.6. The molecule has 0 saturated carbocycles. The summed E-state index contributed by atoms with van der Waals surface area (Å²) in [6, 6.07) is 15.6. The average Bonchev–Trinajstić information content (AvgIpc) is 3.35. The summed E-state index contributed by atoms with van der Waals surface area (Å²) < 4.78 is 56.7. The number of hydrogen-bond acceptors (Lipinski definition) is 13. The standard InChI is InChI=1S/C50H71ClN2O13/c1-7-40(38-33-45(59-4)48(61-6)46(34-38)60-5)49(55)53-24-12-10-17-41(53)50(56)66-42(20-18-36-19-21-43(57-2)44(31-36)58-3)37-15-14-16-39(32-37)65-35-47(54)52-23-26-63-28-30-64-29-27-62-25-13-9-8-11-22-51/h14-16,19,21,31-34,40-42H,7-13,17-18,20,22-30,35H2,1-6H3,(H,52,54). The number of nitrogens with one attached hydrogen (secondary N) is 1. The Morgan fingerprint density at radius 2 is 1.41 bits per heavy atom. The third kappa shape index (κ3) is 17.0. The molecule has 3 unspecified atom stereocenters. The number of halogens is 1. The van der Waals surface area contributed by atoms with Gasteiger partial charge in [0.15, 0.2) is 29.6 Å². The molecule has 0 bridgehead atoms. The molecule has 1 N–H and O–H groups in total. The number of unbranched alkanes of at least 4 members (excludes halogenated alkanes) is 3. The highest BCUT2D eigenvalue weighted by Crippen LogP contribution is 2.41. The minimum Gasteiger partial charge on any atom is -0.493 e. The molecule has 15 nitrogen and oxygen atoms in total. The van der Waals surface area contributed by atoms with Crippen molar-refractivity contribution in [3.63, 3.8) is 0 Å². The normalized spacial score (nSPS) is 14.5. The third-order valence-electron chi connectivity index (χ3n) is 11.3.